The molecule has 1 atom stereocenters. The predicted octanol–water partition coefficient (Wildman–Crippen LogP) is 3.56. The van der Waals surface area contributed by atoms with Crippen molar-refractivity contribution in [3.63, 3.8) is 0 Å². The number of likely N-dealkylation sites (tertiary alicyclic amines) is 1. The highest BCUT2D eigenvalue weighted by atomic mass is 35.5. The molecule has 1 saturated heterocycles. The first-order chi connectivity index (χ1) is 12.0. The number of carbonyl (C=O) groups excluding carboxylic acids is 1. The summed E-state index contributed by atoms with van der Waals surface area (Å²) in [4.78, 5) is 19.0. The SMILES string of the molecule is Cc1cc(Cl)ccc1O[C@@H](C)C(=O)N1CCC(c2nccn2C)CC1. The van der Waals surface area contributed by atoms with Gasteiger partial charge < -0.3 is 14.2 Å². The van der Waals surface area contributed by atoms with E-state index in [0.29, 0.717) is 16.7 Å². The Morgan fingerprint density at radius 2 is 2.08 bits per heavy atom. The summed E-state index contributed by atoms with van der Waals surface area (Å²) in [7, 11) is 2.02. The first-order valence-corrected chi connectivity index (χ1v) is 9.02. The van der Waals surface area contributed by atoms with Crippen LogP contribution in [0.4, 0.5) is 0 Å². The van der Waals surface area contributed by atoms with E-state index in [2.05, 4.69) is 9.55 Å². The third-order valence-corrected chi connectivity index (χ3v) is 5.05. The highest BCUT2D eigenvalue weighted by Crippen LogP contribution is 2.28. The van der Waals surface area contributed by atoms with Crippen LogP contribution in [0.3, 0.4) is 0 Å². The van der Waals surface area contributed by atoms with E-state index in [-0.39, 0.29) is 5.91 Å². The average Bonchev–Trinajstić information content (AvgIpc) is 3.03. The molecule has 1 fully saturated rings. The highest BCUT2D eigenvalue weighted by molar-refractivity contribution is 6.30. The Labute approximate surface area is 153 Å². The minimum Gasteiger partial charge on any atom is -0.481 e. The summed E-state index contributed by atoms with van der Waals surface area (Å²) in [5.74, 6) is 2.26. The maximum absolute atomic E-state index is 12.7. The average molecular weight is 362 g/mol. The van der Waals surface area contributed by atoms with Gasteiger partial charge in [0, 0.05) is 43.5 Å². The van der Waals surface area contributed by atoms with Crippen molar-refractivity contribution >= 4 is 17.5 Å². The molecule has 1 aliphatic heterocycles. The Bertz CT molecular complexity index is 751. The number of benzene rings is 1. The van der Waals surface area contributed by atoms with Crippen LogP contribution in [0.1, 0.15) is 37.1 Å². The largest absolute Gasteiger partial charge is 0.481 e. The summed E-state index contributed by atoms with van der Waals surface area (Å²) < 4.78 is 7.93. The molecule has 1 aliphatic rings. The molecule has 5 nitrogen and oxygen atoms in total. The maximum atomic E-state index is 12.7. The molecule has 6 heteroatoms. The van der Waals surface area contributed by atoms with Gasteiger partial charge in [0.05, 0.1) is 0 Å². The number of hydrogen-bond donors (Lipinski definition) is 0. The van der Waals surface area contributed by atoms with E-state index < -0.39 is 6.10 Å². The van der Waals surface area contributed by atoms with Crippen molar-refractivity contribution in [3.05, 3.63) is 47.0 Å². The van der Waals surface area contributed by atoms with Crippen molar-refractivity contribution in [2.75, 3.05) is 13.1 Å². The standard InChI is InChI=1S/C19H24ClN3O2/c1-13-12-16(20)4-5-17(13)25-14(2)19(24)23-9-6-15(7-10-23)18-21-8-11-22(18)3/h4-5,8,11-12,14-15H,6-7,9-10H2,1-3H3/t14-/m0/s1. The fraction of sp³-hybridized carbons (Fsp3) is 0.474. The quantitative estimate of drug-likeness (QED) is 0.836. The highest BCUT2D eigenvalue weighted by Gasteiger charge is 2.29. The van der Waals surface area contributed by atoms with Crippen LogP contribution in [0.5, 0.6) is 5.75 Å². The van der Waals surface area contributed by atoms with Crippen LogP contribution < -0.4 is 4.74 Å². The zero-order valence-electron chi connectivity index (χ0n) is 14.9. The number of nitrogens with zero attached hydrogens (tertiary/aromatic N) is 3. The molecule has 1 amide bonds. The summed E-state index contributed by atoms with van der Waals surface area (Å²) in [5.41, 5.74) is 0.931. The van der Waals surface area contributed by atoms with E-state index >= 15 is 0 Å². The lowest BCUT2D eigenvalue weighted by molar-refractivity contribution is -0.139. The Morgan fingerprint density at radius 1 is 1.36 bits per heavy atom. The van der Waals surface area contributed by atoms with E-state index in [9.17, 15) is 4.79 Å². The summed E-state index contributed by atoms with van der Waals surface area (Å²) in [6.07, 6.45) is 5.16. The smallest absolute Gasteiger partial charge is 0.263 e. The first-order valence-electron chi connectivity index (χ1n) is 8.64. The number of amides is 1. The Hall–Kier alpha value is -2.01. The van der Waals surface area contributed by atoms with Gasteiger partial charge in [-0.1, -0.05) is 11.6 Å². The molecule has 0 unspecified atom stereocenters. The normalized spacial score (nSPS) is 16.7. The van der Waals surface area contributed by atoms with Gasteiger partial charge in [-0.15, -0.1) is 0 Å². The van der Waals surface area contributed by atoms with Crippen LogP contribution in [0.2, 0.25) is 5.02 Å². The molecule has 1 aromatic heterocycles. The first kappa shape index (κ1) is 17.8. The Kier molecular flexibility index (Phi) is 5.33. The number of hydrogen-bond acceptors (Lipinski definition) is 3. The molecule has 0 bridgehead atoms. The van der Waals surface area contributed by atoms with Crippen LogP contribution in [0.25, 0.3) is 0 Å². The predicted molar refractivity (Wildman–Crippen MR) is 98.0 cm³/mol. The van der Waals surface area contributed by atoms with Crippen LogP contribution in [0, 0.1) is 6.92 Å². The zero-order valence-corrected chi connectivity index (χ0v) is 15.7. The summed E-state index contributed by atoms with van der Waals surface area (Å²) in [5, 5.41) is 0.667. The molecule has 2 aromatic rings. The molecule has 0 N–H and O–H groups in total. The molecule has 3 rings (SSSR count). The number of piperidine rings is 1. The fourth-order valence-corrected chi connectivity index (χ4v) is 3.60. The van der Waals surface area contributed by atoms with Gasteiger partial charge in [-0.05, 0) is 50.5 Å². The van der Waals surface area contributed by atoms with Gasteiger partial charge >= 0.3 is 0 Å². The number of imidazole rings is 1. The molecule has 25 heavy (non-hydrogen) atoms. The van der Waals surface area contributed by atoms with Gasteiger partial charge in [-0.2, -0.15) is 0 Å². The van der Waals surface area contributed by atoms with E-state index in [0.717, 1.165) is 37.3 Å². The minimum absolute atomic E-state index is 0.0349. The van der Waals surface area contributed by atoms with Gasteiger partial charge in [0.25, 0.3) is 5.91 Å². The monoisotopic (exact) mass is 361 g/mol. The van der Waals surface area contributed by atoms with Crippen molar-refractivity contribution in [2.24, 2.45) is 7.05 Å². The van der Waals surface area contributed by atoms with Crippen molar-refractivity contribution in [1.29, 1.82) is 0 Å². The van der Waals surface area contributed by atoms with E-state index in [4.69, 9.17) is 16.3 Å². The number of rotatable bonds is 4. The van der Waals surface area contributed by atoms with Crippen LogP contribution in [-0.4, -0.2) is 39.6 Å². The van der Waals surface area contributed by atoms with Gasteiger partial charge in [0.1, 0.15) is 11.6 Å². The summed E-state index contributed by atoms with van der Waals surface area (Å²) in [6.45, 7) is 5.21. The second-order valence-electron chi connectivity index (χ2n) is 6.67. The van der Waals surface area contributed by atoms with Gasteiger partial charge in [0.2, 0.25) is 0 Å². The number of ether oxygens (including phenoxy) is 1. The van der Waals surface area contributed by atoms with Crippen molar-refractivity contribution < 1.29 is 9.53 Å². The summed E-state index contributed by atoms with van der Waals surface area (Å²) in [6, 6.07) is 5.43. The molecular formula is C19H24ClN3O2. The molecule has 0 saturated carbocycles. The third kappa shape index (κ3) is 3.98. The van der Waals surface area contributed by atoms with Crippen LogP contribution in [0.15, 0.2) is 30.6 Å². The molecule has 0 radical (unpaired) electrons. The third-order valence-electron chi connectivity index (χ3n) is 4.82. The van der Waals surface area contributed by atoms with Crippen LogP contribution >= 0.6 is 11.6 Å². The lowest BCUT2D eigenvalue weighted by atomic mass is 9.95. The minimum atomic E-state index is -0.510. The van der Waals surface area contributed by atoms with Gasteiger partial charge in [-0.3, -0.25) is 4.79 Å². The number of aromatic nitrogens is 2. The fourth-order valence-electron chi connectivity index (χ4n) is 3.37. The zero-order chi connectivity index (χ0) is 18.0. The number of halogens is 1. The number of carbonyl (C=O) groups is 1. The van der Waals surface area contributed by atoms with Crippen molar-refractivity contribution in [1.82, 2.24) is 14.5 Å². The van der Waals surface area contributed by atoms with Crippen LogP contribution in [-0.2, 0) is 11.8 Å². The van der Waals surface area contributed by atoms with E-state index in [1.807, 2.05) is 43.4 Å². The lowest BCUT2D eigenvalue weighted by Gasteiger charge is -2.33. The molecule has 134 valence electrons. The molecule has 0 aliphatic carbocycles. The van der Waals surface area contributed by atoms with Crippen molar-refractivity contribution in [2.45, 2.75) is 38.7 Å². The Balaban J connectivity index is 1.57. The topological polar surface area (TPSA) is 47.4 Å². The summed E-state index contributed by atoms with van der Waals surface area (Å²) >= 11 is 5.97. The molecule has 2 heterocycles. The van der Waals surface area contributed by atoms with E-state index in [1.165, 1.54) is 0 Å². The van der Waals surface area contributed by atoms with Gasteiger partial charge in [-0.25, -0.2) is 4.98 Å². The molecular weight excluding hydrogens is 338 g/mol. The van der Waals surface area contributed by atoms with Gasteiger partial charge in [0.15, 0.2) is 6.10 Å². The second-order valence-corrected chi connectivity index (χ2v) is 7.10. The maximum Gasteiger partial charge on any atom is 0.263 e. The molecule has 0 spiro atoms. The second kappa shape index (κ2) is 7.48. The Morgan fingerprint density at radius 3 is 2.68 bits per heavy atom. The van der Waals surface area contributed by atoms with Crippen molar-refractivity contribution in [3.8, 4) is 5.75 Å². The lowest BCUT2D eigenvalue weighted by Crippen LogP contribution is -2.44. The van der Waals surface area contributed by atoms with E-state index in [1.54, 1.807) is 13.0 Å². The molecule has 1 aromatic carbocycles. The number of aryl methyl sites for hydroxylation is 2.